The van der Waals surface area contributed by atoms with Crippen molar-refractivity contribution in [3.63, 3.8) is 0 Å². The van der Waals surface area contributed by atoms with E-state index in [0.29, 0.717) is 30.3 Å². The number of unbranched alkanes of at least 4 members (excludes halogenated alkanes) is 9. The fourth-order valence-corrected chi connectivity index (χ4v) is 5.65. The normalized spacial score (nSPS) is 14.3. The molecule has 55 heavy (non-hydrogen) atoms. The Labute approximate surface area is 334 Å². The maximum atomic E-state index is 12.6. The first-order valence-corrected chi connectivity index (χ1v) is 22.1. The number of carbonyl (C=O) groups excluding carboxylic acids is 3. The second kappa shape index (κ2) is 35.5. The molecule has 0 spiro atoms. The van der Waals surface area contributed by atoms with Crippen molar-refractivity contribution in [1.29, 1.82) is 0 Å². The molecule has 1 unspecified atom stereocenters. The lowest BCUT2D eigenvalue weighted by Gasteiger charge is -2.28. The van der Waals surface area contributed by atoms with E-state index in [1.807, 2.05) is 33.3 Å². The van der Waals surface area contributed by atoms with Gasteiger partial charge < -0.3 is 27.9 Å². The molecule has 0 N–H and O–H groups in total. The molecule has 0 aliphatic heterocycles. The van der Waals surface area contributed by atoms with Gasteiger partial charge in [-0.3, -0.25) is 18.9 Å². The van der Waals surface area contributed by atoms with Crippen LogP contribution in [0.1, 0.15) is 136 Å². The van der Waals surface area contributed by atoms with Crippen molar-refractivity contribution in [2.24, 2.45) is 0 Å². The predicted octanol–water partition coefficient (Wildman–Crippen LogP) is 10.0. The number of quaternary nitrogens is 1. The molecule has 0 heterocycles. The highest BCUT2D eigenvalue weighted by Crippen LogP contribution is 2.38. The van der Waals surface area contributed by atoms with Gasteiger partial charge in [0, 0.05) is 19.3 Å². The Morgan fingerprint density at radius 1 is 0.636 bits per heavy atom. The molecule has 0 saturated heterocycles. The van der Waals surface area contributed by atoms with E-state index in [0.717, 1.165) is 89.9 Å². The molecule has 0 aromatic rings. The van der Waals surface area contributed by atoms with E-state index >= 15 is 0 Å². The number of esters is 2. The molecule has 0 rings (SSSR count). The van der Waals surface area contributed by atoms with Crippen molar-refractivity contribution < 1.29 is 46.8 Å². The Hall–Kier alpha value is -2.88. The molecule has 0 fully saturated rings. The summed E-state index contributed by atoms with van der Waals surface area (Å²) in [4.78, 5) is 49.2. The topological polar surface area (TPSA) is 128 Å². The van der Waals surface area contributed by atoms with Crippen molar-refractivity contribution >= 4 is 25.5 Å². The summed E-state index contributed by atoms with van der Waals surface area (Å²) in [5.41, 5.74) is 0. The third-order valence-electron chi connectivity index (χ3n) is 8.19. The van der Waals surface area contributed by atoms with Crippen molar-refractivity contribution in [1.82, 2.24) is 0 Å². The van der Waals surface area contributed by atoms with E-state index in [4.69, 9.17) is 18.5 Å². The third-order valence-corrected chi connectivity index (χ3v) is 9.15. The summed E-state index contributed by atoms with van der Waals surface area (Å²) in [5.74, 6) is -0.785. The highest BCUT2D eigenvalue weighted by molar-refractivity contribution is 7.45. The minimum Gasteiger partial charge on any atom is -0.756 e. The van der Waals surface area contributed by atoms with Gasteiger partial charge in [-0.2, -0.15) is 0 Å². The van der Waals surface area contributed by atoms with Crippen LogP contribution >= 0.6 is 7.82 Å². The Balaban J connectivity index is 4.56. The summed E-state index contributed by atoms with van der Waals surface area (Å²) in [7, 11) is 1.07. The number of carbonyl (C=O) groups is 3. The van der Waals surface area contributed by atoms with Gasteiger partial charge in [0.05, 0.1) is 27.7 Å². The molecule has 0 amide bonds. The van der Waals surface area contributed by atoms with Crippen LogP contribution in [0.4, 0.5) is 0 Å². The van der Waals surface area contributed by atoms with Gasteiger partial charge >= 0.3 is 11.9 Å². The summed E-state index contributed by atoms with van der Waals surface area (Å²) in [6.07, 6.45) is 39.1. The smallest absolute Gasteiger partial charge is 0.306 e. The highest BCUT2D eigenvalue weighted by Gasteiger charge is 2.21. The molecule has 0 radical (unpaired) electrons. The van der Waals surface area contributed by atoms with Gasteiger partial charge in [0.15, 0.2) is 11.9 Å². The number of rotatable bonds is 36. The average molecular weight is 792 g/mol. The molecule has 11 heteroatoms. The van der Waals surface area contributed by atoms with Crippen LogP contribution in [0.25, 0.3) is 0 Å². The predicted molar refractivity (Wildman–Crippen MR) is 222 cm³/mol. The molecule has 0 aromatic carbocycles. The summed E-state index contributed by atoms with van der Waals surface area (Å²) >= 11 is 0. The largest absolute Gasteiger partial charge is 0.756 e. The summed E-state index contributed by atoms with van der Waals surface area (Å²) < 4.78 is 33.7. The summed E-state index contributed by atoms with van der Waals surface area (Å²) in [5, 5.41) is 0. The van der Waals surface area contributed by atoms with Gasteiger partial charge in [-0.25, -0.2) is 0 Å². The van der Waals surface area contributed by atoms with E-state index in [-0.39, 0.29) is 31.8 Å². The lowest BCUT2D eigenvalue weighted by Crippen LogP contribution is -2.37. The van der Waals surface area contributed by atoms with Crippen LogP contribution < -0.4 is 4.89 Å². The number of nitrogens with zero attached hydrogens (tertiary/aromatic N) is 1. The fraction of sp³-hybridized carbons (Fsp3) is 0.659. The number of likely N-dealkylation sites (N-methyl/N-ethyl adjacent to an activating group) is 1. The van der Waals surface area contributed by atoms with Crippen LogP contribution in [0.15, 0.2) is 72.9 Å². The molecule has 0 aliphatic rings. The molecular formula is C44H74NO9P. The van der Waals surface area contributed by atoms with Gasteiger partial charge in [0.2, 0.25) is 0 Å². The summed E-state index contributed by atoms with van der Waals surface area (Å²) in [6.45, 7) is 3.82. The minimum atomic E-state index is -4.66. The molecule has 0 aliphatic carbocycles. The van der Waals surface area contributed by atoms with E-state index in [9.17, 15) is 23.8 Å². The molecule has 2 atom stereocenters. The van der Waals surface area contributed by atoms with Crippen LogP contribution in [0.2, 0.25) is 0 Å². The lowest BCUT2D eigenvalue weighted by atomic mass is 10.1. The molecular weight excluding hydrogens is 717 g/mol. The van der Waals surface area contributed by atoms with E-state index in [1.54, 1.807) is 6.08 Å². The maximum absolute atomic E-state index is 12.6. The van der Waals surface area contributed by atoms with Gasteiger partial charge in [0.1, 0.15) is 19.8 Å². The molecule has 10 nitrogen and oxygen atoms in total. The molecule has 0 bridgehead atoms. The SMILES string of the molecule is CC/C=C\C/C=C\C/C=C\C/C=C\CCCCC(=O)OC[C@H](COP(=O)([O-])OCC[N+](C)(C)C)OC(=O)CCCCCCC/C=C\C=C\C(=O)CCCCC. The van der Waals surface area contributed by atoms with Crippen LogP contribution in [0.3, 0.4) is 0 Å². The average Bonchev–Trinajstić information content (AvgIpc) is 3.12. The number of allylic oxidation sites excluding steroid dienone is 12. The Bertz CT molecular complexity index is 1230. The Kier molecular flexibility index (Phi) is 33.7. The standard InChI is InChI=1S/C44H74NO9P/c1-6-8-10-11-12-13-14-15-16-17-18-21-24-27-31-35-43(47)51-39-42(40-53-55(49,50)52-38-37-45(3,4)5)54-44(48)36-32-28-25-22-19-20-23-26-30-34-41(46)33-29-9-7-2/h8,10,12-13,15-16,18,21,23,26,30,34,42H,6-7,9,11,14,17,19-20,22,24-25,27-29,31-33,35-40H2,1-5H3/b10-8-,13-12-,16-15-,21-18-,26-23-,34-30+/t42-/m1/s1. The first kappa shape index (κ1) is 52.1. The monoisotopic (exact) mass is 792 g/mol. The van der Waals surface area contributed by atoms with E-state index in [1.165, 1.54) is 0 Å². The number of phosphoric ester groups is 1. The lowest BCUT2D eigenvalue weighted by molar-refractivity contribution is -0.870. The number of hydrogen-bond acceptors (Lipinski definition) is 9. The zero-order valence-electron chi connectivity index (χ0n) is 34.8. The van der Waals surface area contributed by atoms with Gasteiger partial charge in [0.25, 0.3) is 7.82 Å². The van der Waals surface area contributed by atoms with Crippen LogP contribution in [0.5, 0.6) is 0 Å². The maximum Gasteiger partial charge on any atom is 0.306 e. The zero-order valence-corrected chi connectivity index (χ0v) is 35.7. The van der Waals surface area contributed by atoms with Crippen molar-refractivity contribution in [2.75, 3.05) is 47.5 Å². The molecule has 0 aromatic heterocycles. The Morgan fingerprint density at radius 2 is 1.20 bits per heavy atom. The van der Waals surface area contributed by atoms with Crippen molar-refractivity contribution in [3.05, 3.63) is 72.9 Å². The third kappa shape index (κ3) is 39.2. The quantitative estimate of drug-likeness (QED) is 0.0116. The number of phosphoric acid groups is 1. The van der Waals surface area contributed by atoms with Crippen LogP contribution in [-0.4, -0.2) is 75.8 Å². The first-order valence-electron chi connectivity index (χ1n) is 20.6. The van der Waals surface area contributed by atoms with Crippen LogP contribution in [0, 0.1) is 0 Å². The van der Waals surface area contributed by atoms with E-state index < -0.39 is 32.5 Å². The fourth-order valence-electron chi connectivity index (χ4n) is 4.92. The van der Waals surface area contributed by atoms with Crippen LogP contribution in [-0.2, 0) is 37.5 Å². The molecule has 0 saturated carbocycles. The number of ketones is 1. The Morgan fingerprint density at radius 3 is 1.87 bits per heavy atom. The number of ether oxygens (including phenoxy) is 2. The molecule has 314 valence electrons. The first-order chi connectivity index (χ1) is 26.4. The minimum absolute atomic E-state index is 0.0574. The zero-order chi connectivity index (χ0) is 40.9. The van der Waals surface area contributed by atoms with E-state index in [2.05, 4.69) is 68.5 Å². The van der Waals surface area contributed by atoms with Crippen molar-refractivity contribution in [3.8, 4) is 0 Å². The summed E-state index contributed by atoms with van der Waals surface area (Å²) in [6, 6.07) is 0. The van der Waals surface area contributed by atoms with Gasteiger partial charge in [-0.1, -0.05) is 113 Å². The van der Waals surface area contributed by atoms with Gasteiger partial charge in [-0.05, 0) is 76.7 Å². The second-order valence-electron chi connectivity index (χ2n) is 14.6. The van der Waals surface area contributed by atoms with Crippen molar-refractivity contribution in [2.45, 2.75) is 142 Å². The van der Waals surface area contributed by atoms with Gasteiger partial charge in [-0.15, -0.1) is 0 Å². The second-order valence-corrected chi connectivity index (χ2v) is 16.1. The highest BCUT2D eigenvalue weighted by atomic mass is 31.2. The number of hydrogen-bond donors (Lipinski definition) is 0.